The van der Waals surface area contributed by atoms with Gasteiger partial charge >= 0.3 is 0 Å². The van der Waals surface area contributed by atoms with Crippen LogP contribution in [-0.4, -0.2) is 54.1 Å². The number of rotatable bonds is 6. The predicted molar refractivity (Wildman–Crippen MR) is 96.1 cm³/mol. The minimum Gasteiger partial charge on any atom is -0.393 e. The summed E-state index contributed by atoms with van der Waals surface area (Å²) in [5, 5.41) is 9.49. The summed E-state index contributed by atoms with van der Waals surface area (Å²) in [6.45, 7) is 3.44. The summed E-state index contributed by atoms with van der Waals surface area (Å²) in [7, 11) is 0. The molecule has 0 spiro atoms. The minimum atomic E-state index is -0.592. The van der Waals surface area contributed by atoms with Gasteiger partial charge in [0.15, 0.2) is 0 Å². The fourth-order valence-corrected chi connectivity index (χ4v) is 3.39. The lowest BCUT2D eigenvalue weighted by Crippen LogP contribution is -2.40. The molecule has 26 heavy (non-hydrogen) atoms. The average molecular weight is 362 g/mol. The Morgan fingerprint density at radius 1 is 1.23 bits per heavy atom. The van der Waals surface area contributed by atoms with Crippen LogP contribution in [0.5, 0.6) is 0 Å². The van der Waals surface area contributed by atoms with Crippen LogP contribution in [0.4, 0.5) is 8.78 Å². The predicted octanol–water partition coefficient (Wildman–Crippen LogP) is 3.15. The van der Waals surface area contributed by atoms with Crippen molar-refractivity contribution >= 4 is 0 Å². The third-order valence-electron chi connectivity index (χ3n) is 4.64. The first-order valence-electron chi connectivity index (χ1n) is 8.89. The van der Waals surface area contributed by atoms with Gasteiger partial charge in [0.25, 0.3) is 0 Å². The van der Waals surface area contributed by atoms with Gasteiger partial charge in [-0.1, -0.05) is 18.2 Å². The van der Waals surface area contributed by atoms with E-state index < -0.39 is 24.6 Å². The quantitative estimate of drug-likeness (QED) is 0.858. The summed E-state index contributed by atoms with van der Waals surface area (Å²) < 4.78 is 34.0. The van der Waals surface area contributed by atoms with E-state index in [0.717, 1.165) is 5.56 Å². The maximum absolute atomic E-state index is 14.7. The first-order valence-corrected chi connectivity index (χ1v) is 8.89. The van der Waals surface area contributed by atoms with E-state index in [-0.39, 0.29) is 0 Å². The molecule has 1 aromatic heterocycles. The molecule has 6 heteroatoms. The highest BCUT2D eigenvalue weighted by molar-refractivity contribution is 5.67. The van der Waals surface area contributed by atoms with E-state index in [9.17, 15) is 13.9 Å². The number of morpholine rings is 1. The third kappa shape index (κ3) is 4.26. The van der Waals surface area contributed by atoms with Gasteiger partial charge in [-0.2, -0.15) is 0 Å². The maximum atomic E-state index is 14.7. The molecule has 2 unspecified atom stereocenters. The number of aromatic nitrogens is 1. The van der Waals surface area contributed by atoms with Crippen LogP contribution in [0, 0.1) is 5.82 Å². The smallest absolute Gasteiger partial charge is 0.131 e. The highest BCUT2D eigenvalue weighted by Crippen LogP contribution is 2.32. The number of hydrogen-bond donors (Lipinski definition) is 1. The Hall–Kier alpha value is -1.89. The monoisotopic (exact) mass is 362 g/mol. The molecule has 1 N–H and O–H groups in total. The number of ether oxygens (including phenoxy) is 1. The number of hydrogen-bond acceptors (Lipinski definition) is 4. The zero-order valence-electron chi connectivity index (χ0n) is 14.9. The van der Waals surface area contributed by atoms with Crippen molar-refractivity contribution in [1.29, 1.82) is 0 Å². The van der Waals surface area contributed by atoms with E-state index in [1.807, 2.05) is 4.90 Å². The van der Waals surface area contributed by atoms with Crippen LogP contribution in [0.2, 0.25) is 0 Å². The van der Waals surface area contributed by atoms with Crippen LogP contribution >= 0.6 is 0 Å². The van der Waals surface area contributed by atoms with Crippen molar-refractivity contribution in [3.05, 3.63) is 53.6 Å². The Balaban J connectivity index is 1.96. The molecule has 140 valence electrons. The van der Waals surface area contributed by atoms with Gasteiger partial charge in [0.1, 0.15) is 12.5 Å². The van der Waals surface area contributed by atoms with Crippen LogP contribution in [0.25, 0.3) is 11.1 Å². The molecule has 1 aliphatic rings. The lowest BCUT2D eigenvalue weighted by Gasteiger charge is -2.33. The number of pyridine rings is 1. The van der Waals surface area contributed by atoms with E-state index in [0.29, 0.717) is 49.5 Å². The second kappa shape index (κ2) is 8.66. The van der Waals surface area contributed by atoms with Crippen molar-refractivity contribution in [1.82, 2.24) is 9.88 Å². The molecular formula is C20H24F2N2O2. The van der Waals surface area contributed by atoms with Crippen LogP contribution in [0.1, 0.15) is 24.2 Å². The topological polar surface area (TPSA) is 45.6 Å². The second-order valence-corrected chi connectivity index (χ2v) is 6.62. The van der Waals surface area contributed by atoms with E-state index in [1.54, 1.807) is 37.4 Å². The maximum Gasteiger partial charge on any atom is 0.131 e. The van der Waals surface area contributed by atoms with Crippen molar-refractivity contribution in [2.24, 2.45) is 0 Å². The van der Waals surface area contributed by atoms with E-state index in [2.05, 4.69) is 4.98 Å². The van der Waals surface area contributed by atoms with Crippen LogP contribution in [0.15, 0.2) is 36.5 Å². The molecule has 0 amide bonds. The molecule has 0 aliphatic carbocycles. The van der Waals surface area contributed by atoms with Crippen molar-refractivity contribution < 1.29 is 18.6 Å². The number of aliphatic hydroxyl groups is 1. The Morgan fingerprint density at radius 3 is 2.65 bits per heavy atom. The van der Waals surface area contributed by atoms with Gasteiger partial charge in [-0.15, -0.1) is 0 Å². The molecule has 1 saturated heterocycles. The van der Waals surface area contributed by atoms with Crippen molar-refractivity contribution in [2.45, 2.75) is 25.5 Å². The van der Waals surface area contributed by atoms with Gasteiger partial charge in [-0.25, -0.2) is 8.78 Å². The van der Waals surface area contributed by atoms with Crippen LogP contribution < -0.4 is 0 Å². The summed E-state index contributed by atoms with van der Waals surface area (Å²) in [5.41, 5.74) is 2.26. The lowest BCUT2D eigenvalue weighted by atomic mass is 9.96. The summed E-state index contributed by atoms with van der Waals surface area (Å²) in [6.07, 6.45) is 1.46. The van der Waals surface area contributed by atoms with Gasteiger partial charge < -0.3 is 9.84 Å². The Morgan fingerprint density at radius 2 is 2.00 bits per heavy atom. The molecule has 2 aromatic rings. The van der Waals surface area contributed by atoms with Gasteiger partial charge in [0, 0.05) is 30.4 Å². The Labute approximate surface area is 152 Å². The summed E-state index contributed by atoms with van der Waals surface area (Å²) in [4.78, 5) is 6.38. The van der Waals surface area contributed by atoms with E-state index in [1.165, 1.54) is 6.07 Å². The number of aliphatic hydroxyl groups excluding tert-OH is 1. The minimum absolute atomic E-state index is 0.387. The third-order valence-corrected chi connectivity index (χ3v) is 4.64. The standard InChI is InChI=1S/C20H24F2N2O2/c1-14(25)11-15-4-5-16(18(22)12-15)17-3-2-6-23-20(17)19(13-21)24-7-9-26-10-8-24/h2-6,12,14,19,25H,7-11,13H2,1H3. The Kier molecular flexibility index (Phi) is 6.29. The molecule has 0 radical (unpaired) electrons. The second-order valence-electron chi connectivity index (χ2n) is 6.62. The number of nitrogens with zero attached hydrogens (tertiary/aromatic N) is 2. The van der Waals surface area contributed by atoms with Gasteiger partial charge in [0.05, 0.1) is 31.1 Å². The first-order chi connectivity index (χ1) is 12.6. The highest BCUT2D eigenvalue weighted by Gasteiger charge is 2.26. The van der Waals surface area contributed by atoms with Gasteiger partial charge in [-0.3, -0.25) is 9.88 Å². The summed E-state index contributed by atoms with van der Waals surface area (Å²) in [5.74, 6) is -0.392. The van der Waals surface area contributed by atoms with Crippen molar-refractivity contribution in [3.63, 3.8) is 0 Å². The zero-order valence-corrected chi connectivity index (χ0v) is 14.9. The fourth-order valence-electron chi connectivity index (χ4n) is 3.39. The largest absolute Gasteiger partial charge is 0.393 e. The van der Waals surface area contributed by atoms with Gasteiger partial charge in [0.2, 0.25) is 0 Å². The van der Waals surface area contributed by atoms with Gasteiger partial charge in [-0.05, 0) is 31.0 Å². The fraction of sp³-hybridized carbons (Fsp3) is 0.450. The molecule has 0 bridgehead atoms. The highest BCUT2D eigenvalue weighted by atomic mass is 19.1. The molecule has 2 atom stereocenters. The molecule has 4 nitrogen and oxygen atoms in total. The van der Waals surface area contributed by atoms with Crippen molar-refractivity contribution in [3.8, 4) is 11.1 Å². The van der Waals surface area contributed by atoms with Crippen LogP contribution in [0.3, 0.4) is 0 Å². The normalized spacial score (nSPS) is 17.8. The molecule has 1 aliphatic heterocycles. The lowest BCUT2D eigenvalue weighted by molar-refractivity contribution is 0.00995. The summed E-state index contributed by atoms with van der Waals surface area (Å²) in [6, 6.07) is 7.89. The zero-order chi connectivity index (χ0) is 18.5. The van der Waals surface area contributed by atoms with E-state index in [4.69, 9.17) is 4.74 Å². The number of alkyl halides is 1. The molecule has 1 fully saturated rings. The van der Waals surface area contributed by atoms with E-state index >= 15 is 0 Å². The molecular weight excluding hydrogens is 338 g/mol. The Bertz CT molecular complexity index is 734. The number of benzene rings is 1. The SMILES string of the molecule is CC(O)Cc1ccc(-c2cccnc2C(CF)N2CCOCC2)c(F)c1. The van der Waals surface area contributed by atoms with Crippen molar-refractivity contribution in [2.75, 3.05) is 33.0 Å². The van der Waals surface area contributed by atoms with Crippen LogP contribution in [-0.2, 0) is 11.2 Å². The molecule has 1 aromatic carbocycles. The summed E-state index contributed by atoms with van der Waals surface area (Å²) >= 11 is 0. The molecule has 3 rings (SSSR count). The molecule has 0 saturated carbocycles. The first kappa shape index (κ1) is 18.9. The average Bonchev–Trinajstić information content (AvgIpc) is 2.64. The molecule has 2 heterocycles. The number of halogens is 2.